The van der Waals surface area contributed by atoms with E-state index in [0.717, 1.165) is 21.7 Å². The van der Waals surface area contributed by atoms with Crippen molar-refractivity contribution in [3.05, 3.63) is 48.2 Å². The maximum atomic E-state index is 12.1. The lowest BCUT2D eigenvalue weighted by atomic mass is 10.1. The Balaban J connectivity index is 1.51. The summed E-state index contributed by atoms with van der Waals surface area (Å²) in [7, 11) is 0. The molecule has 0 atom stereocenters. The van der Waals surface area contributed by atoms with Crippen LogP contribution in [0.15, 0.2) is 46.9 Å². The number of fused-ring (bicyclic) bond motifs is 3. The Morgan fingerprint density at radius 2 is 1.92 bits per heavy atom. The molecule has 1 saturated carbocycles. The Morgan fingerprint density at radius 3 is 2.67 bits per heavy atom. The van der Waals surface area contributed by atoms with Gasteiger partial charge in [-0.25, -0.2) is 0 Å². The maximum Gasteiger partial charge on any atom is 0.311 e. The van der Waals surface area contributed by atoms with Gasteiger partial charge in [-0.1, -0.05) is 30.3 Å². The van der Waals surface area contributed by atoms with Gasteiger partial charge in [0.25, 0.3) is 0 Å². The van der Waals surface area contributed by atoms with Crippen molar-refractivity contribution in [1.82, 2.24) is 5.32 Å². The van der Waals surface area contributed by atoms with E-state index >= 15 is 0 Å². The van der Waals surface area contributed by atoms with Gasteiger partial charge in [0.15, 0.2) is 0 Å². The molecule has 1 aliphatic rings. The highest BCUT2D eigenvalue weighted by molar-refractivity contribution is 6.06. The number of furan rings is 1. The Hall–Kier alpha value is -2.82. The molecule has 2 aromatic carbocycles. The second kappa shape index (κ2) is 5.37. The summed E-state index contributed by atoms with van der Waals surface area (Å²) in [6.45, 7) is 0.185. The molecule has 0 radical (unpaired) electrons. The highest BCUT2D eigenvalue weighted by atomic mass is 16.4. The van der Waals surface area contributed by atoms with Crippen LogP contribution in [-0.2, 0) is 16.0 Å². The Morgan fingerprint density at radius 1 is 1.12 bits per heavy atom. The summed E-state index contributed by atoms with van der Waals surface area (Å²) < 4.78 is 5.76. The van der Waals surface area contributed by atoms with E-state index in [1.165, 1.54) is 0 Å². The van der Waals surface area contributed by atoms with Crippen LogP contribution in [0.5, 0.6) is 0 Å². The summed E-state index contributed by atoms with van der Waals surface area (Å²) >= 11 is 0. The van der Waals surface area contributed by atoms with Crippen molar-refractivity contribution in [3.63, 3.8) is 0 Å². The van der Waals surface area contributed by atoms with Crippen molar-refractivity contribution in [1.29, 1.82) is 0 Å². The molecule has 122 valence electrons. The quantitative estimate of drug-likeness (QED) is 0.756. The van der Waals surface area contributed by atoms with Gasteiger partial charge in [-0.2, -0.15) is 0 Å². The van der Waals surface area contributed by atoms with Crippen LogP contribution in [-0.4, -0.2) is 23.5 Å². The van der Waals surface area contributed by atoms with E-state index in [2.05, 4.69) is 5.32 Å². The molecule has 0 unspecified atom stereocenters. The van der Waals surface area contributed by atoms with Gasteiger partial charge in [0.2, 0.25) is 5.91 Å². The number of hydrogen-bond donors (Lipinski definition) is 2. The lowest BCUT2D eigenvalue weighted by molar-refractivity contribution is -0.143. The molecule has 1 amide bonds. The minimum Gasteiger partial charge on any atom is -0.481 e. The first kappa shape index (κ1) is 14.8. The molecule has 4 rings (SSSR count). The van der Waals surface area contributed by atoms with Gasteiger partial charge in [-0.3, -0.25) is 9.59 Å². The Labute approximate surface area is 138 Å². The molecule has 1 fully saturated rings. The Bertz CT molecular complexity index is 952. The lowest BCUT2D eigenvalue weighted by Crippen LogP contribution is -2.34. The van der Waals surface area contributed by atoms with Gasteiger partial charge in [0.05, 0.1) is 11.8 Å². The third-order valence-electron chi connectivity index (χ3n) is 4.74. The second-order valence-corrected chi connectivity index (χ2v) is 6.45. The minimum atomic E-state index is -0.835. The number of carbonyl (C=O) groups excluding carboxylic acids is 1. The normalized spacial score (nSPS) is 15.5. The predicted octanol–water partition coefficient (Wildman–Crippen LogP) is 3.11. The van der Waals surface area contributed by atoms with Gasteiger partial charge in [0, 0.05) is 11.9 Å². The summed E-state index contributed by atoms with van der Waals surface area (Å²) in [5, 5.41) is 15.1. The molecule has 0 bridgehead atoms. The molecule has 0 saturated heterocycles. The summed E-state index contributed by atoms with van der Waals surface area (Å²) in [5.41, 5.74) is 0.000389. The van der Waals surface area contributed by atoms with E-state index in [1.54, 1.807) is 0 Å². The summed E-state index contributed by atoms with van der Waals surface area (Å²) in [5.74, 6) is -0.470. The third kappa shape index (κ3) is 2.52. The highest BCUT2D eigenvalue weighted by Crippen LogP contribution is 2.45. The first-order valence-electron chi connectivity index (χ1n) is 7.98. The minimum absolute atomic E-state index is 0.110. The topological polar surface area (TPSA) is 79.5 Å². The van der Waals surface area contributed by atoms with Crippen molar-refractivity contribution < 1.29 is 19.1 Å². The molecule has 2 N–H and O–H groups in total. The van der Waals surface area contributed by atoms with Crippen molar-refractivity contribution in [2.45, 2.75) is 19.3 Å². The van der Waals surface area contributed by atoms with E-state index in [4.69, 9.17) is 9.52 Å². The van der Waals surface area contributed by atoms with Crippen LogP contribution in [0.25, 0.3) is 21.7 Å². The van der Waals surface area contributed by atoms with Gasteiger partial charge >= 0.3 is 5.97 Å². The lowest BCUT2D eigenvalue weighted by Gasteiger charge is -2.10. The number of carbonyl (C=O) groups is 2. The number of hydrogen-bond acceptors (Lipinski definition) is 3. The zero-order valence-corrected chi connectivity index (χ0v) is 13.0. The molecule has 0 aliphatic heterocycles. The Kier molecular flexibility index (Phi) is 3.30. The molecule has 0 spiro atoms. The monoisotopic (exact) mass is 323 g/mol. The molecular formula is C19H17NO4. The number of carboxylic acids is 1. The van der Waals surface area contributed by atoms with Gasteiger partial charge in [0.1, 0.15) is 11.3 Å². The number of aliphatic carboxylic acids is 1. The van der Waals surface area contributed by atoms with Crippen molar-refractivity contribution in [3.8, 4) is 0 Å². The molecule has 1 heterocycles. The molecule has 24 heavy (non-hydrogen) atoms. The fraction of sp³-hybridized carbons (Fsp3) is 0.263. The number of nitrogens with one attached hydrogen (secondary N) is 1. The number of benzene rings is 2. The number of carboxylic acid groups (broad SMARTS) is 1. The molecule has 1 aromatic heterocycles. The van der Waals surface area contributed by atoms with Crippen LogP contribution >= 0.6 is 0 Å². The number of amides is 1. The van der Waals surface area contributed by atoms with E-state index < -0.39 is 11.4 Å². The van der Waals surface area contributed by atoms with E-state index in [9.17, 15) is 9.59 Å². The summed E-state index contributed by atoms with van der Waals surface area (Å²) in [6.07, 6.45) is 1.36. The standard InChI is InChI=1S/C19H17NO4/c21-17(20-11-19(7-8-19)18(22)23)10-13-9-15-14-4-2-1-3-12(14)5-6-16(15)24-13/h1-6,9H,7-8,10-11H2,(H,20,21)(H,22,23). The van der Waals surface area contributed by atoms with Crippen LogP contribution in [0.4, 0.5) is 0 Å². The van der Waals surface area contributed by atoms with Gasteiger partial charge in [-0.15, -0.1) is 0 Å². The van der Waals surface area contributed by atoms with E-state index in [-0.39, 0.29) is 18.9 Å². The zero-order valence-electron chi connectivity index (χ0n) is 13.0. The second-order valence-electron chi connectivity index (χ2n) is 6.45. The average Bonchev–Trinajstić information content (AvgIpc) is 3.26. The van der Waals surface area contributed by atoms with Crippen molar-refractivity contribution >= 4 is 33.6 Å². The van der Waals surface area contributed by atoms with E-state index in [0.29, 0.717) is 18.6 Å². The fourth-order valence-corrected chi connectivity index (χ4v) is 3.04. The zero-order chi connectivity index (χ0) is 16.7. The summed E-state index contributed by atoms with van der Waals surface area (Å²) in [4.78, 5) is 23.2. The molecule has 3 aromatic rings. The molecule has 1 aliphatic carbocycles. The highest BCUT2D eigenvalue weighted by Gasteiger charge is 2.50. The predicted molar refractivity (Wildman–Crippen MR) is 89.7 cm³/mol. The van der Waals surface area contributed by atoms with Crippen LogP contribution in [0.3, 0.4) is 0 Å². The molecule has 5 nitrogen and oxygen atoms in total. The number of rotatable bonds is 5. The van der Waals surface area contributed by atoms with E-state index in [1.807, 2.05) is 42.5 Å². The van der Waals surface area contributed by atoms with Gasteiger partial charge < -0.3 is 14.8 Å². The van der Waals surface area contributed by atoms with Crippen LogP contribution in [0.1, 0.15) is 18.6 Å². The first-order chi connectivity index (χ1) is 11.6. The SMILES string of the molecule is O=C(Cc1cc2c(ccc3ccccc32)o1)NCC1(C(=O)O)CC1. The molecular weight excluding hydrogens is 306 g/mol. The maximum absolute atomic E-state index is 12.1. The smallest absolute Gasteiger partial charge is 0.311 e. The fourth-order valence-electron chi connectivity index (χ4n) is 3.04. The summed E-state index contributed by atoms with van der Waals surface area (Å²) in [6, 6.07) is 13.8. The molecule has 5 heteroatoms. The first-order valence-corrected chi connectivity index (χ1v) is 7.98. The van der Waals surface area contributed by atoms with Crippen LogP contribution < -0.4 is 5.32 Å². The van der Waals surface area contributed by atoms with Gasteiger partial charge in [-0.05, 0) is 35.7 Å². The van der Waals surface area contributed by atoms with Crippen LogP contribution in [0.2, 0.25) is 0 Å². The van der Waals surface area contributed by atoms with Crippen molar-refractivity contribution in [2.75, 3.05) is 6.54 Å². The largest absolute Gasteiger partial charge is 0.481 e. The third-order valence-corrected chi connectivity index (χ3v) is 4.74. The van der Waals surface area contributed by atoms with Crippen molar-refractivity contribution in [2.24, 2.45) is 5.41 Å². The van der Waals surface area contributed by atoms with Crippen LogP contribution in [0, 0.1) is 5.41 Å². The average molecular weight is 323 g/mol.